The largest absolute Gasteiger partial charge is 0.491 e. The standard InChI is InChI=1S/C21H20F3N3O9S/c1-9(28)35-7-11-8-37-18-20(34-2,17(32)27(18)15(11)16(30)31)26-14(29)5-10-3-4-12(6-13(10)25)36-19(33)21(22,23)24/h3-4,6,18H,5,7-8,25H2,1-2H3,(H,26,29)(H,30,31)/t18-,20-/m0/s1. The van der Waals surface area contributed by atoms with Crippen LogP contribution < -0.4 is 15.8 Å². The Hall–Kier alpha value is -3.79. The van der Waals surface area contributed by atoms with Crippen molar-refractivity contribution in [3.63, 3.8) is 0 Å². The zero-order valence-corrected chi connectivity index (χ0v) is 20.0. The summed E-state index contributed by atoms with van der Waals surface area (Å²) in [5.74, 6) is -6.58. The number of ether oxygens (including phenoxy) is 3. The number of esters is 2. The van der Waals surface area contributed by atoms with Crippen LogP contribution in [-0.2, 0) is 39.9 Å². The second-order valence-electron chi connectivity index (χ2n) is 7.79. The van der Waals surface area contributed by atoms with Gasteiger partial charge in [-0.1, -0.05) is 6.07 Å². The number of nitrogens with two attached hydrogens (primary N) is 1. The molecule has 4 N–H and O–H groups in total. The number of hydrogen-bond donors (Lipinski definition) is 3. The predicted molar refractivity (Wildman–Crippen MR) is 119 cm³/mol. The summed E-state index contributed by atoms with van der Waals surface area (Å²) >= 11 is 1.08. The van der Waals surface area contributed by atoms with Gasteiger partial charge in [0.25, 0.3) is 11.6 Å². The predicted octanol–water partition coefficient (Wildman–Crippen LogP) is 0.555. The molecular formula is C21H20F3N3O9S. The normalized spacial score (nSPS) is 21.1. The van der Waals surface area contributed by atoms with Crippen molar-refractivity contribution in [3.8, 4) is 5.75 Å². The van der Waals surface area contributed by atoms with Crippen molar-refractivity contribution in [2.24, 2.45) is 0 Å². The molecule has 2 aliphatic rings. The average Bonchev–Trinajstić information content (AvgIpc) is 2.81. The second kappa shape index (κ2) is 10.3. The number of amides is 2. The summed E-state index contributed by atoms with van der Waals surface area (Å²) in [5, 5.41) is 11.1. The minimum atomic E-state index is -5.21. The number of alkyl halides is 3. The first-order valence-corrected chi connectivity index (χ1v) is 11.3. The maximum absolute atomic E-state index is 13.0. The van der Waals surface area contributed by atoms with E-state index >= 15 is 0 Å². The SMILES string of the molecule is CO[C@@]1(NC(=O)Cc2ccc(OC(=O)C(F)(F)F)cc2N)C(=O)N2C(C(=O)O)=C(COC(C)=O)CS[C@H]21. The number of carbonyl (C=O) groups is 5. The molecule has 0 saturated carbocycles. The molecule has 0 spiro atoms. The maximum Gasteiger partial charge on any atom is 0.491 e. The molecular weight excluding hydrogens is 527 g/mol. The van der Waals surface area contributed by atoms with Crippen molar-refractivity contribution in [1.82, 2.24) is 10.2 Å². The van der Waals surface area contributed by atoms with E-state index in [9.17, 15) is 42.3 Å². The van der Waals surface area contributed by atoms with E-state index in [1.54, 1.807) is 0 Å². The fourth-order valence-electron chi connectivity index (χ4n) is 3.63. The molecule has 0 unspecified atom stereocenters. The van der Waals surface area contributed by atoms with Gasteiger partial charge in [0.2, 0.25) is 5.91 Å². The Morgan fingerprint density at radius 3 is 2.51 bits per heavy atom. The lowest BCUT2D eigenvalue weighted by Gasteiger charge is -2.55. The number of benzene rings is 1. The third-order valence-electron chi connectivity index (χ3n) is 5.32. The number of carboxylic acid groups (broad SMARTS) is 1. The van der Waals surface area contributed by atoms with Gasteiger partial charge in [-0.15, -0.1) is 11.8 Å². The van der Waals surface area contributed by atoms with E-state index in [1.165, 1.54) is 6.07 Å². The van der Waals surface area contributed by atoms with Crippen molar-refractivity contribution in [2.45, 2.75) is 30.6 Å². The quantitative estimate of drug-likeness (QED) is 0.136. The van der Waals surface area contributed by atoms with Crippen molar-refractivity contribution in [1.29, 1.82) is 0 Å². The zero-order chi connectivity index (χ0) is 27.7. The molecule has 3 rings (SSSR count). The van der Waals surface area contributed by atoms with Crippen LogP contribution >= 0.6 is 11.8 Å². The number of aliphatic carboxylic acids is 1. The van der Waals surface area contributed by atoms with Gasteiger partial charge in [0.05, 0.1) is 6.42 Å². The van der Waals surface area contributed by atoms with E-state index < -0.39 is 59.2 Å². The first-order chi connectivity index (χ1) is 17.2. The Bertz CT molecular complexity index is 1200. The second-order valence-corrected chi connectivity index (χ2v) is 8.86. The molecule has 2 heterocycles. The number of β-lactam (4-membered cyclic amide) rings is 1. The summed E-state index contributed by atoms with van der Waals surface area (Å²) in [4.78, 5) is 60.7. The van der Waals surface area contributed by atoms with Crippen LogP contribution in [0.4, 0.5) is 18.9 Å². The molecule has 37 heavy (non-hydrogen) atoms. The van der Waals surface area contributed by atoms with Crippen molar-refractivity contribution in [3.05, 3.63) is 35.0 Å². The van der Waals surface area contributed by atoms with Gasteiger partial charge in [0.1, 0.15) is 23.4 Å². The summed E-state index contributed by atoms with van der Waals surface area (Å²) < 4.78 is 51.5. The topological polar surface area (TPSA) is 175 Å². The van der Waals surface area contributed by atoms with Crippen LogP contribution in [0.5, 0.6) is 5.75 Å². The van der Waals surface area contributed by atoms with Crippen LogP contribution in [0, 0.1) is 0 Å². The Labute approximate surface area is 210 Å². The third-order valence-corrected chi connectivity index (χ3v) is 6.69. The Morgan fingerprint density at radius 2 is 1.97 bits per heavy atom. The number of methoxy groups -OCH3 is 1. The van der Waals surface area contributed by atoms with Crippen molar-refractivity contribution in [2.75, 3.05) is 25.2 Å². The van der Waals surface area contributed by atoms with E-state index in [1.807, 2.05) is 0 Å². The van der Waals surface area contributed by atoms with Crippen molar-refractivity contribution >= 4 is 47.2 Å². The minimum absolute atomic E-state index is 0.0649. The van der Waals surface area contributed by atoms with Gasteiger partial charge in [-0.25, -0.2) is 9.59 Å². The van der Waals surface area contributed by atoms with Crippen LogP contribution in [0.3, 0.4) is 0 Å². The number of nitrogens with one attached hydrogen (secondary N) is 1. The summed E-state index contributed by atoms with van der Waals surface area (Å²) in [5.41, 5.74) is 3.66. The highest BCUT2D eigenvalue weighted by Gasteiger charge is 2.66. The van der Waals surface area contributed by atoms with Gasteiger partial charge >= 0.3 is 24.1 Å². The lowest BCUT2D eigenvalue weighted by atomic mass is 9.97. The molecule has 2 atom stereocenters. The number of halogens is 3. The van der Waals surface area contributed by atoms with Crippen LogP contribution in [0.25, 0.3) is 0 Å². The van der Waals surface area contributed by atoms with Gasteiger partial charge in [-0.3, -0.25) is 19.3 Å². The summed E-state index contributed by atoms with van der Waals surface area (Å²) in [6.45, 7) is 0.815. The number of thioether (sulfide) groups is 1. The molecule has 2 amide bonds. The van der Waals surface area contributed by atoms with Gasteiger partial charge in [-0.05, 0) is 11.6 Å². The minimum Gasteiger partial charge on any atom is -0.477 e. The molecule has 1 aromatic carbocycles. The van der Waals surface area contributed by atoms with E-state index in [4.69, 9.17) is 15.2 Å². The van der Waals surface area contributed by atoms with Gasteiger partial charge in [-0.2, -0.15) is 13.2 Å². The van der Waals surface area contributed by atoms with Crippen LogP contribution in [0.1, 0.15) is 12.5 Å². The molecule has 16 heteroatoms. The highest BCUT2D eigenvalue weighted by Crippen LogP contribution is 2.46. The number of anilines is 1. The highest BCUT2D eigenvalue weighted by atomic mass is 32.2. The maximum atomic E-state index is 13.0. The zero-order valence-electron chi connectivity index (χ0n) is 19.2. The molecule has 0 radical (unpaired) electrons. The molecule has 200 valence electrons. The third kappa shape index (κ3) is 5.48. The molecule has 0 aliphatic carbocycles. The van der Waals surface area contributed by atoms with Gasteiger partial charge in [0, 0.05) is 37.1 Å². The van der Waals surface area contributed by atoms with Gasteiger partial charge in [0.15, 0.2) is 0 Å². The first-order valence-electron chi connectivity index (χ1n) is 10.3. The van der Waals surface area contributed by atoms with E-state index in [0.29, 0.717) is 0 Å². The molecule has 2 aliphatic heterocycles. The fourth-order valence-corrected chi connectivity index (χ4v) is 5.05. The number of fused-ring (bicyclic) bond motifs is 1. The molecule has 1 fully saturated rings. The number of rotatable bonds is 8. The average molecular weight is 547 g/mol. The molecule has 0 bridgehead atoms. The number of hydrogen-bond acceptors (Lipinski definition) is 10. The summed E-state index contributed by atoms with van der Waals surface area (Å²) in [6, 6.07) is 3.11. The molecule has 1 saturated heterocycles. The number of nitrogens with zero attached hydrogens (tertiary/aromatic N) is 1. The number of carboxylic acids is 1. The van der Waals surface area contributed by atoms with E-state index in [-0.39, 0.29) is 34.9 Å². The lowest BCUT2D eigenvalue weighted by molar-refractivity contribution is -0.192. The van der Waals surface area contributed by atoms with Crippen LogP contribution in [0.15, 0.2) is 29.5 Å². The Kier molecular flexibility index (Phi) is 7.73. The van der Waals surface area contributed by atoms with E-state index in [0.717, 1.165) is 42.8 Å². The fraction of sp³-hybridized carbons (Fsp3) is 0.381. The molecule has 12 nitrogen and oxygen atoms in total. The molecule has 1 aromatic rings. The lowest BCUT2D eigenvalue weighted by Crippen LogP contribution is -2.80. The monoisotopic (exact) mass is 547 g/mol. The highest BCUT2D eigenvalue weighted by molar-refractivity contribution is 8.00. The Morgan fingerprint density at radius 1 is 1.30 bits per heavy atom. The van der Waals surface area contributed by atoms with Gasteiger partial charge < -0.3 is 30.4 Å². The Balaban J connectivity index is 1.74. The number of carbonyl (C=O) groups excluding carboxylic acids is 4. The smallest absolute Gasteiger partial charge is 0.477 e. The van der Waals surface area contributed by atoms with Crippen LogP contribution in [-0.4, -0.2) is 76.5 Å². The first kappa shape index (κ1) is 27.8. The summed E-state index contributed by atoms with van der Waals surface area (Å²) in [6.07, 6.45) is -5.65. The number of nitrogen functional groups attached to an aromatic ring is 1. The van der Waals surface area contributed by atoms with Crippen LogP contribution in [0.2, 0.25) is 0 Å². The van der Waals surface area contributed by atoms with E-state index in [2.05, 4.69) is 10.1 Å². The summed E-state index contributed by atoms with van der Waals surface area (Å²) in [7, 11) is 1.15. The van der Waals surface area contributed by atoms with Crippen molar-refractivity contribution < 1.29 is 56.5 Å². The molecule has 0 aromatic heterocycles.